The third kappa shape index (κ3) is 3.73. The van der Waals surface area contributed by atoms with Crippen molar-refractivity contribution in [1.82, 2.24) is 4.90 Å². The van der Waals surface area contributed by atoms with Gasteiger partial charge >= 0.3 is 0 Å². The molecule has 0 saturated heterocycles. The van der Waals surface area contributed by atoms with E-state index < -0.39 is 22.6 Å². The fourth-order valence-electron chi connectivity index (χ4n) is 7.62. The maximum atomic E-state index is 14.0. The van der Waals surface area contributed by atoms with Gasteiger partial charge in [0.2, 0.25) is 0 Å². The van der Waals surface area contributed by atoms with Crippen LogP contribution in [0.5, 0.6) is 0 Å². The van der Waals surface area contributed by atoms with Crippen LogP contribution in [-0.2, 0) is 10.8 Å². The lowest BCUT2D eigenvalue weighted by Crippen LogP contribution is -2.46. The average Bonchev–Trinajstić information content (AvgIpc) is 3.05. The zero-order valence-corrected chi connectivity index (χ0v) is 26.7. The number of fused-ring (bicyclic) bond motifs is 2. The minimum atomic E-state index is -1.15. The zero-order valence-electron chi connectivity index (χ0n) is 25.8. The third-order valence-corrected chi connectivity index (χ3v) is 10.9. The monoisotopic (exact) mass is 626 g/mol. The van der Waals surface area contributed by atoms with E-state index in [4.69, 9.17) is 0 Å². The lowest BCUT2D eigenvalue weighted by atomic mass is 9.82. The first kappa shape index (κ1) is 28.5. The summed E-state index contributed by atoms with van der Waals surface area (Å²) in [6, 6.07) is 21.3. The van der Waals surface area contributed by atoms with E-state index in [9.17, 15) is 23.4 Å². The molecule has 0 aromatic heterocycles. The van der Waals surface area contributed by atoms with Gasteiger partial charge in [0.25, 0.3) is 23.6 Å². The van der Waals surface area contributed by atoms with Gasteiger partial charge in [-0.2, -0.15) is 0 Å². The first-order chi connectivity index (χ1) is 22.1. The Morgan fingerprint density at radius 3 is 1.37 bits per heavy atom. The third-order valence-electron chi connectivity index (χ3n) is 9.54. The van der Waals surface area contributed by atoms with Crippen LogP contribution in [0.1, 0.15) is 75.5 Å². The van der Waals surface area contributed by atoms with Gasteiger partial charge in [0, 0.05) is 49.7 Å². The van der Waals surface area contributed by atoms with Crippen LogP contribution >= 0.6 is 0 Å². The molecule has 2 atom stereocenters. The Labute approximate surface area is 267 Å². The molecule has 0 N–H and O–H groups in total. The second-order valence-electron chi connectivity index (χ2n) is 12.7. The van der Waals surface area contributed by atoms with Crippen molar-refractivity contribution >= 4 is 83.2 Å². The number of hydrogen-bond acceptors (Lipinski definition) is 5. The number of carbonyl (C=O) groups excluding carboxylic acids is 4. The molecule has 0 spiro atoms. The van der Waals surface area contributed by atoms with E-state index in [1.165, 1.54) is 9.80 Å². The van der Waals surface area contributed by atoms with Crippen LogP contribution in [0.25, 0.3) is 43.1 Å². The van der Waals surface area contributed by atoms with Crippen LogP contribution in [0.3, 0.4) is 0 Å². The molecule has 8 rings (SSSR count). The van der Waals surface area contributed by atoms with Crippen molar-refractivity contribution in [3.8, 4) is 0 Å². The summed E-state index contributed by atoms with van der Waals surface area (Å²) in [5, 5.41) is 6.32. The summed E-state index contributed by atoms with van der Waals surface area (Å²) in [5.41, 5.74) is 2.28. The first-order valence-corrected chi connectivity index (χ1v) is 16.9. The summed E-state index contributed by atoms with van der Waals surface area (Å²) in [4.78, 5) is 58.9. The Morgan fingerprint density at radius 1 is 0.565 bits per heavy atom. The van der Waals surface area contributed by atoms with E-state index in [1.54, 1.807) is 36.4 Å². The Hall–Kier alpha value is -4.95. The van der Waals surface area contributed by atoms with Gasteiger partial charge in [-0.25, -0.2) is 4.90 Å². The lowest BCUT2D eigenvalue weighted by molar-refractivity contribution is 0.0535. The molecule has 2 aliphatic heterocycles. The fraction of sp³-hybridized carbons (Fsp3) is 0.211. The van der Waals surface area contributed by atoms with E-state index in [0.717, 1.165) is 32.3 Å². The molecule has 0 fully saturated rings. The molecule has 8 heteroatoms. The molecule has 2 aliphatic rings. The quantitative estimate of drug-likeness (QED) is 0.107. The van der Waals surface area contributed by atoms with Crippen LogP contribution in [0.2, 0.25) is 0 Å². The van der Waals surface area contributed by atoms with Crippen molar-refractivity contribution in [3.05, 3.63) is 95.1 Å². The predicted octanol–water partition coefficient (Wildman–Crippen LogP) is 7.70. The predicted molar refractivity (Wildman–Crippen MR) is 182 cm³/mol. The van der Waals surface area contributed by atoms with Gasteiger partial charge in [-0.15, -0.1) is 0 Å². The van der Waals surface area contributed by atoms with E-state index in [0.29, 0.717) is 61.7 Å². The molecule has 228 valence electrons. The number of rotatable bonds is 6. The Morgan fingerprint density at radius 2 is 0.978 bits per heavy atom. The summed E-state index contributed by atoms with van der Waals surface area (Å²) in [5.74, 6) is -0.605. The van der Waals surface area contributed by atoms with Gasteiger partial charge in [-0.05, 0) is 100 Å². The molecule has 7 nitrogen and oxygen atoms in total. The van der Waals surface area contributed by atoms with Crippen molar-refractivity contribution in [2.75, 3.05) is 10.7 Å². The Bertz CT molecular complexity index is 2260. The van der Waals surface area contributed by atoms with Gasteiger partial charge < -0.3 is 0 Å². The smallest absolute Gasteiger partial charge is 0.265 e. The molecule has 6 aromatic rings. The summed E-state index contributed by atoms with van der Waals surface area (Å²) < 4.78 is 12.3. The van der Waals surface area contributed by atoms with E-state index in [-0.39, 0.29) is 17.9 Å². The van der Waals surface area contributed by atoms with Gasteiger partial charge in [0.15, 0.2) is 0 Å². The van der Waals surface area contributed by atoms with E-state index >= 15 is 0 Å². The Balaban J connectivity index is 1.33. The molecule has 0 aliphatic carbocycles. The van der Waals surface area contributed by atoms with Crippen LogP contribution in [0.4, 0.5) is 5.69 Å². The highest BCUT2D eigenvalue weighted by Crippen LogP contribution is 2.46. The fourth-order valence-corrected chi connectivity index (χ4v) is 8.40. The first-order valence-electron chi connectivity index (χ1n) is 15.6. The molecule has 0 bridgehead atoms. The number of nitrogens with zero attached hydrogens (tertiary/aromatic N) is 2. The molecule has 6 aromatic carbocycles. The molecule has 2 heterocycles. The largest absolute Gasteiger partial charge is 0.272 e. The second-order valence-corrected chi connectivity index (χ2v) is 14.4. The van der Waals surface area contributed by atoms with Crippen LogP contribution in [0, 0.1) is 5.92 Å². The van der Waals surface area contributed by atoms with Crippen molar-refractivity contribution in [2.24, 2.45) is 5.92 Å². The number of imide groups is 2. The van der Waals surface area contributed by atoms with E-state index in [2.05, 4.69) is 13.8 Å². The zero-order chi connectivity index (χ0) is 32.2. The second kappa shape index (κ2) is 10.0. The van der Waals surface area contributed by atoms with Gasteiger partial charge in [-0.1, -0.05) is 45.0 Å². The van der Waals surface area contributed by atoms with Crippen molar-refractivity contribution in [2.45, 2.75) is 45.1 Å². The highest BCUT2D eigenvalue weighted by molar-refractivity contribution is 7.85. The standard InChI is InChI=1S/C38H30N2O5S/c1-5-46(45)22-8-6-21(7-9-22)40-37(43)29-16-12-25-23-10-14-27-33-28(36(42)39(35(27)41)20(4)18-19(2)3)15-11-24(31(23)33)26-13-17-30(38(40)44)34(29)32(25)26/h6-17,19-20H,5,18H2,1-4H3. The van der Waals surface area contributed by atoms with Gasteiger partial charge in [0.05, 0.1) is 16.5 Å². The average molecular weight is 627 g/mol. The number of carbonyl (C=O) groups is 4. The maximum Gasteiger partial charge on any atom is 0.265 e. The number of benzene rings is 6. The Kier molecular flexibility index (Phi) is 6.22. The number of hydrogen-bond donors (Lipinski definition) is 0. The summed E-state index contributed by atoms with van der Waals surface area (Å²) in [6.07, 6.45) is 0.714. The lowest BCUT2D eigenvalue weighted by Gasteiger charge is -2.33. The number of amides is 4. The topological polar surface area (TPSA) is 91.8 Å². The molecular weight excluding hydrogens is 596 g/mol. The van der Waals surface area contributed by atoms with Crippen LogP contribution in [0.15, 0.2) is 77.7 Å². The maximum absolute atomic E-state index is 14.0. The molecule has 4 amide bonds. The molecule has 0 radical (unpaired) electrons. The highest BCUT2D eigenvalue weighted by atomic mass is 32.2. The molecule has 0 saturated carbocycles. The van der Waals surface area contributed by atoms with Crippen molar-refractivity contribution < 1.29 is 23.4 Å². The summed E-state index contributed by atoms with van der Waals surface area (Å²) >= 11 is 0. The van der Waals surface area contributed by atoms with Gasteiger partial charge in [-0.3, -0.25) is 28.3 Å². The van der Waals surface area contributed by atoms with Crippen molar-refractivity contribution in [1.29, 1.82) is 0 Å². The highest BCUT2D eigenvalue weighted by Gasteiger charge is 2.38. The minimum Gasteiger partial charge on any atom is -0.272 e. The minimum absolute atomic E-state index is 0.236. The normalized spacial score (nSPS) is 16.2. The van der Waals surface area contributed by atoms with E-state index in [1.807, 2.05) is 50.2 Å². The van der Waals surface area contributed by atoms with Crippen LogP contribution in [-0.4, -0.2) is 44.5 Å². The van der Waals surface area contributed by atoms with Crippen LogP contribution < -0.4 is 4.90 Å². The SMILES string of the molecule is CCS(=O)c1ccc(N2C(=O)c3ccc4c5ccc6c7c(ccc(c8ccc(c3c48)C2=O)c75)C(=O)N(C(C)CC(C)C)C6=O)cc1. The summed E-state index contributed by atoms with van der Waals surface area (Å²) in [7, 11) is -1.15. The van der Waals surface area contributed by atoms with Gasteiger partial charge in [0.1, 0.15) is 0 Å². The molecule has 2 unspecified atom stereocenters. The van der Waals surface area contributed by atoms with Crippen molar-refractivity contribution in [3.63, 3.8) is 0 Å². The summed E-state index contributed by atoms with van der Waals surface area (Å²) in [6.45, 7) is 7.92. The molecular formula is C38H30N2O5S. The molecule has 46 heavy (non-hydrogen) atoms. The number of anilines is 1.